The zero-order valence-electron chi connectivity index (χ0n) is 24.0. The lowest BCUT2D eigenvalue weighted by atomic mass is 9.68. The summed E-state index contributed by atoms with van der Waals surface area (Å²) in [5.41, 5.74) is 3.31. The monoisotopic (exact) mass is 620 g/mol. The number of benzene rings is 2. The summed E-state index contributed by atoms with van der Waals surface area (Å²) in [6, 6.07) is 11.0. The molecule has 1 saturated carbocycles. The van der Waals surface area contributed by atoms with Gasteiger partial charge >= 0.3 is 5.97 Å². The molecule has 1 aliphatic carbocycles. The molecule has 5 rings (SSSR count). The van der Waals surface area contributed by atoms with Gasteiger partial charge in [-0.2, -0.15) is 0 Å². The van der Waals surface area contributed by atoms with Crippen LogP contribution in [-0.4, -0.2) is 63.8 Å². The van der Waals surface area contributed by atoms with Gasteiger partial charge in [0.25, 0.3) is 0 Å². The lowest BCUT2D eigenvalue weighted by Crippen LogP contribution is -2.49. The van der Waals surface area contributed by atoms with E-state index in [2.05, 4.69) is 11.8 Å². The number of halogens is 1. The number of nitrogens with two attached hydrogens (primary N) is 1. The van der Waals surface area contributed by atoms with Crippen LogP contribution in [0.3, 0.4) is 0 Å². The molecule has 11 heteroatoms. The Kier molecular flexibility index (Phi) is 9.99. The van der Waals surface area contributed by atoms with E-state index in [4.69, 9.17) is 31.0 Å². The molecule has 5 atom stereocenters. The van der Waals surface area contributed by atoms with Crippen LogP contribution >= 0.6 is 11.6 Å². The number of ether oxygens (including phenoxy) is 3. The van der Waals surface area contributed by atoms with E-state index < -0.39 is 16.0 Å². The first-order valence-electron chi connectivity index (χ1n) is 14.8. The van der Waals surface area contributed by atoms with E-state index in [1.807, 2.05) is 18.2 Å². The summed E-state index contributed by atoms with van der Waals surface area (Å²) in [7, 11) is -3.57. The highest BCUT2D eigenvalue weighted by atomic mass is 35.5. The fourth-order valence-electron chi connectivity index (χ4n) is 6.42. The van der Waals surface area contributed by atoms with E-state index in [1.165, 1.54) is 5.56 Å². The smallest absolute Gasteiger partial charge is 0.335 e. The second kappa shape index (κ2) is 13.5. The Morgan fingerprint density at radius 1 is 1.17 bits per heavy atom. The van der Waals surface area contributed by atoms with Crippen molar-refractivity contribution in [2.45, 2.75) is 64.3 Å². The number of fused-ring (bicyclic) bond motifs is 2. The van der Waals surface area contributed by atoms with Gasteiger partial charge in [-0.05, 0) is 85.4 Å². The number of aromatic carboxylic acids is 1. The standard InChI is InChI=1S/C31H41ClN2O7S/c1-20-18-40-30(16-29(20)39-12-13-42(33,37)38)26-9-6-23(26)17-34-11-3-2-4-21-14-25(32)8-5-24(21)19-41-28-10-7-22(31(35)36)15-27(28)34/h5,7-8,10,14-15,20,23,26,29-30H,2-4,6,9,11-13,16-19H2,1H3,(H,35,36)(H2,33,37,38)/t20-,23-,26+,29+,30-/m0/s1. The largest absolute Gasteiger partial charge is 0.487 e. The van der Waals surface area contributed by atoms with E-state index in [0.29, 0.717) is 35.8 Å². The Balaban J connectivity index is 1.32. The first-order chi connectivity index (χ1) is 20.1. The number of sulfonamides is 1. The second-order valence-corrected chi connectivity index (χ2v) is 14.1. The van der Waals surface area contributed by atoms with Crippen LogP contribution in [0.15, 0.2) is 36.4 Å². The molecule has 9 nitrogen and oxygen atoms in total. The molecule has 3 aliphatic rings. The molecule has 2 aromatic carbocycles. The van der Waals surface area contributed by atoms with E-state index in [0.717, 1.165) is 62.9 Å². The van der Waals surface area contributed by atoms with Crippen molar-refractivity contribution in [1.29, 1.82) is 0 Å². The normalized spacial score (nSPS) is 26.6. The van der Waals surface area contributed by atoms with Crippen LogP contribution in [0.25, 0.3) is 0 Å². The number of carboxylic acids is 1. The number of anilines is 1. The van der Waals surface area contributed by atoms with Gasteiger partial charge in [0.15, 0.2) is 0 Å². The molecule has 0 radical (unpaired) electrons. The molecular formula is C31H41ClN2O7S. The molecule has 3 N–H and O–H groups in total. The van der Waals surface area contributed by atoms with Crippen LogP contribution in [0, 0.1) is 17.8 Å². The summed E-state index contributed by atoms with van der Waals surface area (Å²) in [5.74, 6) is 0.398. The van der Waals surface area contributed by atoms with Crippen molar-refractivity contribution in [2.24, 2.45) is 22.9 Å². The summed E-state index contributed by atoms with van der Waals surface area (Å²) in [6.07, 6.45) is 5.61. The molecule has 0 unspecified atom stereocenters. The molecule has 1 saturated heterocycles. The molecule has 2 heterocycles. The molecular weight excluding hydrogens is 580 g/mol. The first kappa shape index (κ1) is 31.1. The average molecular weight is 621 g/mol. The van der Waals surface area contributed by atoms with Crippen LogP contribution in [0.5, 0.6) is 5.75 Å². The highest BCUT2D eigenvalue weighted by molar-refractivity contribution is 7.89. The summed E-state index contributed by atoms with van der Waals surface area (Å²) in [5, 5.41) is 15.6. The molecule has 2 fully saturated rings. The molecule has 0 bridgehead atoms. The highest BCUT2D eigenvalue weighted by Crippen LogP contribution is 2.44. The topological polar surface area (TPSA) is 128 Å². The van der Waals surface area contributed by atoms with Gasteiger partial charge in [-0.1, -0.05) is 24.6 Å². The van der Waals surface area contributed by atoms with E-state index in [9.17, 15) is 18.3 Å². The van der Waals surface area contributed by atoms with Crippen molar-refractivity contribution < 1.29 is 32.5 Å². The molecule has 0 spiro atoms. The Hall–Kier alpha value is -2.37. The van der Waals surface area contributed by atoms with Gasteiger partial charge in [-0.15, -0.1) is 0 Å². The van der Waals surface area contributed by atoms with Gasteiger partial charge in [0, 0.05) is 30.5 Å². The molecule has 0 amide bonds. The minimum absolute atomic E-state index is 0.0312. The van der Waals surface area contributed by atoms with Crippen LogP contribution in [0.1, 0.15) is 60.5 Å². The maximum absolute atomic E-state index is 11.9. The zero-order chi connectivity index (χ0) is 29.9. The number of primary sulfonamides is 1. The van der Waals surface area contributed by atoms with Crippen molar-refractivity contribution in [2.75, 3.05) is 37.0 Å². The van der Waals surface area contributed by atoms with Gasteiger partial charge in [-0.25, -0.2) is 18.4 Å². The third kappa shape index (κ3) is 7.77. The van der Waals surface area contributed by atoms with Gasteiger partial charge in [-0.3, -0.25) is 0 Å². The number of hydrogen-bond acceptors (Lipinski definition) is 7. The predicted octanol–water partition coefficient (Wildman–Crippen LogP) is 4.88. The maximum atomic E-state index is 11.9. The fourth-order valence-corrected chi connectivity index (χ4v) is 6.95. The van der Waals surface area contributed by atoms with Crippen molar-refractivity contribution in [3.63, 3.8) is 0 Å². The van der Waals surface area contributed by atoms with Crippen LogP contribution < -0.4 is 14.8 Å². The lowest BCUT2D eigenvalue weighted by Gasteiger charge is -2.47. The van der Waals surface area contributed by atoms with Crippen molar-refractivity contribution >= 4 is 33.3 Å². The van der Waals surface area contributed by atoms with Crippen LogP contribution in [-0.2, 0) is 32.5 Å². The SMILES string of the molecule is C[C@H]1CO[C@H]([C@@H]2CC[C@H]2CN2CCCCc3cc(Cl)ccc3COc3ccc(C(=O)O)cc32)C[C@H]1OCCS(N)(=O)=O. The molecule has 2 aliphatic heterocycles. The van der Waals surface area contributed by atoms with Crippen molar-refractivity contribution in [3.8, 4) is 5.75 Å². The van der Waals surface area contributed by atoms with Crippen molar-refractivity contribution in [1.82, 2.24) is 0 Å². The Morgan fingerprint density at radius 2 is 2.00 bits per heavy atom. The zero-order valence-corrected chi connectivity index (χ0v) is 25.6. The van der Waals surface area contributed by atoms with E-state index >= 15 is 0 Å². The maximum Gasteiger partial charge on any atom is 0.335 e. The molecule has 0 aromatic heterocycles. The number of nitrogens with zero attached hydrogens (tertiary/aromatic N) is 1. The number of carboxylic acid groups (broad SMARTS) is 1. The average Bonchev–Trinajstić information content (AvgIpc) is 2.95. The van der Waals surface area contributed by atoms with Gasteiger partial charge in [0.2, 0.25) is 10.0 Å². The minimum Gasteiger partial charge on any atom is -0.487 e. The Labute approximate surface area is 253 Å². The molecule has 2 aromatic rings. The van der Waals surface area contributed by atoms with E-state index in [-0.39, 0.29) is 36.0 Å². The predicted molar refractivity (Wildman–Crippen MR) is 162 cm³/mol. The second-order valence-electron chi connectivity index (χ2n) is 12.0. The van der Waals surface area contributed by atoms with Gasteiger partial charge in [0.1, 0.15) is 12.4 Å². The molecule has 230 valence electrons. The van der Waals surface area contributed by atoms with Gasteiger partial charge in [0.05, 0.1) is 42.4 Å². The summed E-state index contributed by atoms with van der Waals surface area (Å²) < 4.78 is 41.3. The fraction of sp³-hybridized carbons (Fsp3) is 0.581. The Morgan fingerprint density at radius 3 is 2.74 bits per heavy atom. The van der Waals surface area contributed by atoms with Crippen molar-refractivity contribution in [3.05, 3.63) is 58.1 Å². The summed E-state index contributed by atoms with van der Waals surface area (Å²) in [4.78, 5) is 14.2. The number of carbonyl (C=O) groups is 1. The lowest BCUT2D eigenvalue weighted by molar-refractivity contribution is -0.139. The quantitative estimate of drug-likeness (QED) is 0.427. The summed E-state index contributed by atoms with van der Waals surface area (Å²) in [6.45, 7) is 4.65. The van der Waals surface area contributed by atoms with E-state index in [1.54, 1.807) is 18.2 Å². The summed E-state index contributed by atoms with van der Waals surface area (Å²) >= 11 is 6.29. The van der Waals surface area contributed by atoms with Crippen LogP contribution in [0.2, 0.25) is 5.02 Å². The number of hydrogen-bond donors (Lipinski definition) is 2. The minimum atomic E-state index is -3.57. The number of rotatable bonds is 8. The van der Waals surface area contributed by atoms with Gasteiger partial charge < -0.3 is 24.2 Å². The third-order valence-corrected chi connectivity index (χ3v) is 9.97. The van der Waals surface area contributed by atoms with Crippen LogP contribution in [0.4, 0.5) is 5.69 Å². The number of aryl methyl sites for hydroxylation is 1. The third-order valence-electron chi connectivity index (χ3n) is 9.00. The first-order valence-corrected chi connectivity index (χ1v) is 16.9. The molecule has 42 heavy (non-hydrogen) atoms. The Bertz CT molecular complexity index is 1370. The highest BCUT2D eigenvalue weighted by Gasteiger charge is 2.42.